The van der Waals surface area contributed by atoms with Gasteiger partial charge in [-0.05, 0) is 40.5 Å². The van der Waals surface area contributed by atoms with Crippen molar-refractivity contribution in [2.24, 2.45) is 0 Å². The third-order valence-electron chi connectivity index (χ3n) is 3.51. The molecule has 0 aliphatic heterocycles. The molecule has 0 saturated heterocycles. The van der Waals surface area contributed by atoms with Gasteiger partial charge in [-0.2, -0.15) is 5.10 Å². The number of hydrogen-bond donors (Lipinski definition) is 1. The fraction of sp³-hybridized carbons (Fsp3) is 0.235. The van der Waals surface area contributed by atoms with E-state index in [9.17, 15) is 5.11 Å². The van der Waals surface area contributed by atoms with E-state index in [1.165, 1.54) is 10.9 Å². The van der Waals surface area contributed by atoms with E-state index >= 15 is 0 Å². The smallest absolute Gasteiger partial charge is 0.0682 e. The minimum atomic E-state index is 0.0848. The summed E-state index contributed by atoms with van der Waals surface area (Å²) in [6.45, 7) is 3.19. The van der Waals surface area contributed by atoms with Gasteiger partial charge in [0.25, 0.3) is 0 Å². The SMILES string of the molecule is CCCn1cc(-c2ccc3cc(CO)ccc3c2)cn1. The van der Waals surface area contributed by atoms with E-state index < -0.39 is 0 Å². The first-order valence-electron chi connectivity index (χ1n) is 6.96. The van der Waals surface area contributed by atoms with Crippen LogP contribution in [0.15, 0.2) is 48.8 Å². The minimum Gasteiger partial charge on any atom is -0.392 e. The Morgan fingerprint density at radius 2 is 1.85 bits per heavy atom. The molecule has 0 radical (unpaired) electrons. The van der Waals surface area contributed by atoms with Crippen LogP contribution in [0.2, 0.25) is 0 Å². The summed E-state index contributed by atoms with van der Waals surface area (Å²) >= 11 is 0. The molecule has 0 aliphatic carbocycles. The molecule has 0 saturated carbocycles. The van der Waals surface area contributed by atoms with Crippen LogP contribution in [0.4, 0.5) is 0 Å². The number of fused-ring (bicyclic) bond motifs is 1. The Hall–Kier alpha value is -2.13. The Kier molecular flexibility index (Phi) is 3.52. The summed E-state index contributed by atoms with van der Waals surface area (Å²) in [4.78, 5) is 0. The zero-order valence-corrected chi connectivity index (χ0v) is 11.6. The molecular formula is C17H18N2O. The van der Waals surface area contributed by atoms with Gasteiger partial charge in [-0.3, -0.25) is 4.68 Å². The van der Waals surface area contributed by atoms with Crippen molar-refractivity contribution in [2.45, 2.75) is 26.5 Å². The Labute approximate surface area is 118 Å². The fourth-order valence-corrected chi connectivity index (χ4v) is 2.44. The highest BCUT2D eigenvalue weighted by molar-refractivity contribution is 5.87. The van der Waals surface area contributed by atoms with Gasteiger partial charge in [-0.15, -0.1) is 0 Å². The summed E-state index contributed by atoms with van der Waals surface area (Å²) in [6, 6.07) is 12.4. The molecule has 0 atom stereocenters. The van der Waals surface area contributed by atoms with E-state index in [1.807, 2.05) is 23.0 Å². The lowest BCUT2D eigenvalue weighted by Gasteiger charge is -2.04. The Bertz CT molecular complexity index is 731. The molecule has 0 unspecified atom stereocenters. The van der Waals surface area contributed by atoms with Crippen molar-refractivity contribution in [3.8, 4) is 11.1 Å². The maximum Gasteiger partial charge on any atom is 0.0682 e. The van der Waals surface area contributed by atoms with Crippen LogP contribution in [0.3, 0.4) is 0 Å². The van der Waals surface area contributed by atoms with Crippen molar-refractivity contribution >= 4 is 10.8 Å². The molecule has 1 aromatic heterocycles. The van der Waals surface area contributed by atoms with E-state index in [-0.39, 0.29) is 6.61 Å². The van der Waals surface area contributed by atoms with Crippen molar-refractivity contribution in [3.05, 3.63) is 54.4 Å². The molecule has 20 heavy (non-hydrogen) atoms. The van der Waals surface area contributed by atoms with Gasteiger partial charge in [-0.25, -0.2) is 0 Å². The van der Waals surface area contributed by atoms with Crippen LogP contribution in [0, 0.1) is 0 Å². The Balaban J connectivity index is 1.99. The number of nitrogens with zero attached hydrogens (tertiary/aromatic N) is 2. The van der Waals surface area contributed by atoms with Gasteiger partial charge in [0.2, 0.25) is 0 Å². The molecule has 0 amide bonds. The molecule has 3 aromatic rings. The predicted octanol–water partition coefficient (Wildman–Crippen LogP) is 3.61. The maximum absolute atomic E-state index is 9.17. The minimum absolute atomic E-state index is 0.0848. The summed E-state index contributed by atoms with van der Waals surface area (Å²) in [7, 11) is 0. The maximum atomic E-state index is 9.17. The van der Waals surface area contributed by atoms with E-state index in [2.05, 4.69) is 42.5 Å². The van der Waals surface area contributed by atoms with Gasteiger partial charge >= 0.3 is 0 Å². The highest BCUT2D eigenvalue weighted by Crippen LogP contribution is 2.25. The number of rotatable bonds is 4. The van der Waals surface area contributed by atoms with Crippen molar-refractivity contribution in [2.75, 3.05) is 0 Å². The van der Waals surface area contributed by atoms with Crippen LogP contribution >= 0.6 is 0 Å². The zero-order chi connectivity index (χ0) is 13.9. The van der Waals surface area contributed by atoms with Crippen LogP contribution < -0.4 is 0 Å². The molecule has 0 fully saturated rings. The summed E-state index contributed by atoms with van der Waals surface area (Å²) in [5.41, 5.74) is 3.27. The molecular weight excluding hydrogens is 248 g/mol. The summed E-state index contributed by atoms with van der Waals surface area (Å²) < 4.78 is 1.98. The molecule has 0 bridgehead atoms. The van der Waals surface area contributed by atoms with Gasteiger partial charge in [0.1, 0.15) is 0 Å². The number of aryl methyl sites for hydroxylation is 1. The van der Waals surface area contributed by atoms with Crippen molar-refractivity contribution in [1.29, 1.82) is 0 Å². The largest absolute Gasteiger partial charge is 0.392 e. The molecule has 3 rings (SSSR count). The topological polar surface area (TPSA) is 38.0 Å². The molecule has 0 aliphatic rings. The second kappa shape index (κ2) is 5.47. The number of benzene rings is 2. The first kappa shape index (κ1) is 12.9. The van der Waals surface area contributed by atoms with Crippen molar-refractivity contribution in [3.63, 3.8) is 0 Å². The lowest BCUT2D eigenvalue weighted by atomic mass is 10.0. The van der Waals surface area contributed by atoms with Gasteiger partial charge < -0.3 is 5.11 Å². The standard InChI is InChI=1S/C17H18N2O/c1-2-7-19-11-17(10-18-19)16-6-5-14-8-13(12-20)3-4-15(14)9-16/h3-6,8-11,20H,2,7,12H2,1H3. The molecule has 3 heteroatoms. The average Bonchev–Trinajstić information content (AvgIpc) is 2.95. The number of aliphatic hydroxyl groups excluding tert-OH is 1. The van der Waals surface area contributed by atoms with Crippen molar-refractivity contribution < 1.29 is 5.11 Å². The quantitative estimate of drug-likeness (QED) is 0.783. The number of aromatic nitrogens is 2. The van der Waals surface area contributed by atoms with Crippen LogP contribution in [0.25, 0.3) is 21.9 Å². The molecule has 1 heterocycles. The van der Waals surface area contributed by atoms with Gasteiger partial charge in [0, 0.05) is 18.3 Å². The monoisotopic (exact) mass is 266 g/mol. The summed E-state index contributed by atoms with van der Waals surface area (Å²) in [5, 5.41) is 15.9. The van der Waals surface area contributed by atoms with Crippen LogP contribution in [-0.4, -0.2) is 14.9 Å². The molecule has 1 N–H and O–H groups in total. The first-order chi connectivity index (χ1) is 9.80. The van der Waals surface area contributed by atoms with E-state index in [0.717, 1.165) is 29.5 Å². The Morgan fingerprint density at radius 1 is 1.05 bits per heavy atom. The van der Waals surface area contributed by atoms with Gasteiger partial charge in [0.05, 0.1) is 12.8 Å². The van der Waals surface area contributed by atoms with Crippen LogP contribution in [0.1, 0.15) is 18.9 Å². The first-order valence-corrected chi connectivity index (χ1v) is 6.96. The number of hydrogen-bond acceptors (Lipinski definition) is 2. The third-order valence-corrected chi connectivity index (χ3v) is 3.51. The van der Waals surface area contributed by atoms with Crippen LogP contribution in [-0.2, 0) is 13.2 Å². The second-order valence-electron chi connectivity index (χ2n) is 5.05. The summed E-state index contributed by atoms with van der Waals surface area (Å²) in [5.74, 6) is 0. The lowest BCUT2D eigenvalue weighted by Crippen LogP contribution is -1.95. The summed E-state index contributed by atoms with van der Waals surface area (Å²) in [6.07, 6.45) is 5.09. The van der Waals surface area contributed by atoms with Crippen LogP contribution in [0.5, 0.6) is 0 Å². The third kappa shape index (κ3) is 2.45. The van der Waals surface area contributed by atoms with Gasteiger partial charge in [-0.1, -0.05) is 31.2 Å². The molecule has 102 valence electrons. The van der Waals surface area contributed by atoms with Crippen molar-refractivity contribution in [1.82, 2.24) is 9.78 Å². The normalized spacial score (nSPS) is 11.1. The van der Waals surface area contributed by atoms with E-state index in [4.69, 9.17) is 0 Å². The zero-order valence-electron chi connectivity index (χ0n) is 11.6. The lowest BCUT2D eigenvalue weighted by molar-refractivity contribution is 0.282. The van der Waals surface area contributed by atoms with E-state index in [1.54, 1.807) is 0 Å². The predicted molar refractivity (Wildman–Crippen MR) is 81.4 cm³/mol. The number of aliphatic hydroxyl groups is 1. The second-order valence-corrected chi connectivity index (χ2v) is 5.05. The fourth-order valence-electron chi connectivity index (χ4n) is 2.44. The Morgan fingerprint density at radius 3 is 2.65 bits per heavy atom. The average molecular weight is 266 g/mol. The highest BCUT2D eigenvalue weighted by atomic mass is 16.3. The molecule has 2 aromatic carbocycles. The molecule has 0 spiro atoms. The van der Waals surface area contributed by atoms with E-state index in [0.29, 0.717) is 0 Å². The molecule has 3 nitrogen and oxygen atoms in total. The van der Waals surface area contributed by atoms with Gasteiger partial charge in [0.15, 0.2) is 0 Å². The highest BCUT2D eigenvalue weighted by Gasteiger charge is 2.03.